The Labute approximate surface area is 129 Å². The molecule has 0 aliphatic heterocycles. The minimum Gasteiger partial charge on any atom is -0.306 e. The van der Waals surface area contributed by atoms with Crippen LogP contribution in [-0.4, -0.2) is 6.54 Å². The number of benzene rings is 1. The number of aryl methyl sites for hydroxylation is 1. The predicted molar refractivity (Wildman–Crippen MR) is 86.4 cm³/mol. The van der Waals surface area contributed by atoms with Crippen molar-refractivity contribution < 1.29 is 0 Å². The van der Waals surface area contributed by atoms with E-state index in [-0.39, 0.29) is 6.04 Å². The standard InChI is InChI=1S/C14H15Br2NS/c1-3-17-13(14-12(16)6-7-18-14)10-4-5-11(15)9(2)8-10/h4-8,13,17H,3H2,1-2H3. The summed E-state index contributed by atoms with van der Waals surface area (Å²) >= 11 is 8.96. The molecule has 1 nitrogen and oxygen atoms in total. The van der Waals surface area contributed by atoms with Gasteiger partial charge in [-0.3, -0.25) is 0 Å². The van der Waals surface area contributed by atoms with Gasteiger partial charge in [0, 0.05) is 13.8 Å². The summed E-state index contributed by atoms with van der Waals surface area (Å²) in [6.07, 6.45) is 0. The average Bonchev–Trinajstić information content (AvgIpc) is 2.76. The Balaban J connectivity index is 2.41. The van der Waals surface area contributed by atoms with Crippen LogP contribution in [0.5, 0.6) is 0 Å². The quantitative estimate of drug-likeness (QED) is 0.751. The highest BCUT2D eigenvalue weighted by molar-refractivity contribution is 9.10. The van der Waals surface area contributed by atoms with Crippen LogP contribution in [0.2, 0.25) is 0 Å². The topological polar surface area (TPSA) is 12.0 Å². The van der Waals surface area contributed by atoms with Gasteiger partial charge in [0.25, 0.3) is 0 Å². The van der Waals surface area contributed by atoms with Crippen LogP contribution in [0.3, 0.4) is 0 Å². The van der Waals surface area contributed by atoms with E-state index in [1.54, 1.807) is 11.3 Å². The Morgan fingerprint density at radius 3 is 2.56 bits per heavy atom. The molecule has 1 atom stereocenters. The molecule has 0 amide bonds. The molecule has 18 heavy (non-hydrogen) atoms. The van der Waals surface area contributed by atoms with E-state index in [0.717, 1.165) is 11.0 Å². The van der Waals surface area contributed by atoms with Gasteiger partial charge in [-0.05, 0) is 58.0 Å². The highest BCUT2D eigenvalue weighted by atomic mass is 79.9. The van der Waals surface area contributed by atoms with Crippen molar-refractivity contribution in [1.82, 2.24) is 5.32 Å². The Kier molecular flexibility index (Phi) is 5.01. The number of nitrogens with one attached hydrogen (secondary N) is 1. The number of rotatable bonds is 4. The van der Waals surface area contributed by atoms with Crippen molar-refractivity contribution in [2.75, 3.05) is 6.54 Å². The highest BCUT2D eigenvalue weighted by Crippen LogP contribution is 2.34. The fourth-order valence-corrected chi connectivity index (χ4v) is 3.87. The molecule has 0 fully saturated rings. The molecule has 4 heteroatoms. The fourth-order valence-electron chi connectivity index (χ4n) is 1.92. The van der Waals surface area contributed by atoms with E-state index in [4.69, 9.17) is 0 Å². The molecule has 0 aliphatic carbocycles. The largest absolute Gasteiger partial charge is 0.306 e. The van der Waals surface area contributed by atoms with Crippen molar-refractivity contribution in [2.24, 2.45) is 0 Å². The third-order valence-corrected chi connectivity index (χ3v) is 5.66. The minimum absolute atomic E-state index is 0.260. The van der Waals surface area contributed by atoms with Gasteiger partial charge in [0.15, 0.2) is 0 Å². The lowest BCUT2D eigenvalue weighted by molar-refractivity contribution is 0.637. The maximum absolute atomic E-state index is 3.63. The number of thiophene rings is 1. The lowest BCUT2D eigenvalue weighted by atomic mass is 10.0. The second kappa shape index (κ2) is 6.33. The van der Waals surface area contributed by atoms with Gasteiger partial charge in [-0.15, -0.1) is 11.3 Å². The van der Waals surface area contributed by atoms with Crippen LogP contribution < -0.4 is 5.32 Å². The molecule has 1 unspecified atom stereocenters. The monoisotopic (exact) mass is 387 g/mol. The van der Waals surface area contributed by atoms with E-state index in [0.29, 0.717) is 0 Å². The lowest BCUT2D eigenvalue weighted by Gasteiger charge is -2.18. The van der Waals surface area contributed by atoms with Gasteiger partial charge in [0.2, 0.25) is 0 Å². The van der Waals surface area contributed by atoms with Crippen LogP contribution in [0.1, 0.15) is 29.0 Å². The van der Waals surface area contributed by atoms with E-state index in [1.807, 2.05) is 0 Å². The summed E-state index contributed by atoms with van der Waals surface area (Å²) in [6, 6.07) is 8.91. The molecular formula is C14H15Br2NS. The zero-order valence-corrected chi connectivity index (χ0v) is 14.3. The molecule has 0 aliphatic rings. The molecule has 0 spiro atoms. The first-order valence-electron chi connectivity index (χ1n) is 5.85. The molecule has 2 aromatic rings. The molecule has 1 aromatic carbocycles. The summed E-state index contributed by atoms with van der Waals surface area (Å²) in [7, 11) is 0. The molecule has 2 rings (SSSR count). The summed E-state index contributed by atoms with van der Waals surface area (Å²) < 4.78 is 2.34. The molecule has 0 saturated heterocycles. The summed E-state index contributed by atoms with van der Waals surface area (Å²) in [5.74, 6) is 0. The smallest absolute Gasteiger partial charge is 0.0682 e. The molecule has 1 N–H and O–H groups in total. The van der Waals surface area contributed by atoms with Gasteiger partial charge >= 0.3 is 0 Å². The van der Waals surface area contributed by atoms with Crippen molar-refractivity contribution in [2.45, 2.75) is 19.9 Å². The van der Waals surface area contributed by atoms with Gasteiger partial charge in [-0.1, -0.05) is 35.0 Å². The van der Waals surface area contributed by atoms with Crippen LogP contribution in [-0.2, 0) is 0 Å². The van der Waals surface area contributed by atoms with Gasteiger partial charge in [-0.2, -0.15) is 0 Å². The number of halogens is 2. The lowest BCUT2D eigenvalue weighted by Crippen LogP contribution is -2.21. The SMILES string of the molecule is CCNC(c1ccc(Br)c(C)c1)c1sccc1Br. The number of hydrogen-bond acceptors (Lipinski definition) is 2. The van der Waals surface area contributed by atoms with E-state index >= 15 is 0 Å². The molecule has 0 radical (unpaired) electrons. The third-order valence-electron chi connectivity index (χ3n) is 2.83. The van der Waals surface area contributed by atoms with E-state index in [2.05, 4.69) is 80.7 Å². The first-order valence-corrected chi connectivity index (χ1v) is 8.32. The predicted octanol–water partition coefficient (Wildman–Crippen LogP) is 5.28. The van der Waals surface area contributed by atoms with Crippen molar-refractivity contribution in [1.29, 1.82) is 0 Å². The molecule has 0 bridgehead atoms. The van der Waals surface area contributed by atoms with Crippen molar-refractivity contribution in [3.8, 4) is 0 Å². The molecule has 1 aromatic heterocycles. The van der Waals surface area contributed by atoms with E-state index in [1.165, 1.54) is 20.5 Å². The second-order valence-corrected chi connectivity index (χ2v) is 6.79. The zero-order valence-electron chi connectivity index (χ0n) is 10.3. The number of hydrogen-bond donors (Lipinski definition) is 1. The summed E-state index contributed by atoms with van der Waals surface area (Å²) in [4.78, 5) is 1.33. The Morgan fingerprint density at radius 1 is 1.22 bits per heavy atom. The van der Waals surface area contributed by atoms with Gasteiger partial charge < -0.3 is 5.32 Å². The van der Waals surface area contributed by atoms with E-state index < -0.39 is 0 Å². The summed E-state index contributed by atoms with van der Waals surface area (Å²) in [5.41, 5.74) is 2.57. The molecule has 0 saturated carbocycles. The second-order valence-electron chi connectivity index (χ2n) is 4.13. The Hall–Kier alpha value is -0.160. The summed E-state index contributed by atoms with van der Waals surface area (Å²) in [6.45, 7) is 5.21. The fraction of sp³-hybridized carbons (Fsp3) is 0.286. The normalized spacial score (nSPS) is 12.7. The first kappa shape index (κ1) is 14.3. The minimum atomic E-state index is 0.260. The van der Waals surface area contributed by atoms with Crippen LogP contribution in [0.4, 0.5) is 0 Å². The van der Waals surface area contributed by atoms with Gasteiger partial charge in [0.1, 0.15) is 0 Å². The van der Waals surface area contributed by atoms with Crippen molar-refractivity contribution in [3.05, 3.63) is 54.6 Å². The first-order chi connectivity index (χ1) is 8.63. The summed E-state index contributed by atoms with van der Waals surface area (Å²) in [5, 5.41) is 5.67. The maximum atomic E-state index is 3.63. The molecule has 96 valence electrons. The van der Waals surface area contributed by atoms with Crippen LogP contribution in [0, 0.1) is 6.92 Å². The zero-order chi connectivity index (χ0) is 13.1. The van der Waals surface area contributed by atoms with Crippen molar-refractivity contribution >= 4 is 43.2 Å². The Bertz CT molecular complexity index is 536. The molecular weight excluding hydrogens is 374 g/mol. The van der Waals surface area contributed by atoms with Crippen molar-refractivity contribution in [3.63, 3.8) is 0 Å². The Morgan fingerprint density at radius 2 is 2.00 bits per heavy atom. The molecule has 1 heterocycles. The van der Waals surface area contributed by atoms with Crippen LogP contribution in [0.15, 0.2) is 38.6 Å². The highest BCUT2D eigenvalue weighted by Gasteiger charge is 2.17. The maximum Gasteiger partial charge on any atom is 0.0682 e. The average molecular weight is 389 g/mol. The third kappa shape index (κ3) is 3.05. The van der Waals surface area contributed by atoms with Gasteiger partial charge in [0.05, 0.1) is 6.04 Å². The van der Waals surface area contributed by atoms with Crippen LogP contribution in [0.25, 0.3) is 0 Å². The van der Waals surface area contributed by atoms with Gasteiger partial charge in [-0.25, -0.2) is 0 Å². The van der Waals surface area contributed by atoms with Crippen LogP contribution >= 0.6 is 43.2 Å². The van der Waals surface area contributed by atoms with E-state index in [9.17, 15) is 0 Å².